The van der Waals surface area contributed by atoms with Gasteiger partial charge in [-0.15, -0.1) is 0 Å². The Hall–Kier alpha value is -3.55. The number of benzene rings is 2. The Kier molecular flexibility index (Phi) is 6.90. The van der Waals surface area contributed by atoms with Crippen LogP contribution in [-0.4, -0.2) is 36.0 Å². The number of carbonyl (C=O) groups excluding carboxylic acids is 1. The van der Waals surface area contributed by atoms with Crippen LogP contribution < -0.4 is 19.5 Å². The minimum Gasteiger partial charge on any atom is -0.493 e. The molecule has 0 aliphatic heterocycles. The fourth-order valence-electron chi connectivity index (χ4n) is 2.61. The summed E-state index contributed by atoms with van der Waals surface area (Å²) in [5.74, 6) is 2.03. The SMILES string of the molecule is COc1ccccc1O[C@H](C)C(=O)Nc1nonc1-c1ccc(OCC(C)C)cc1. The van der Waals surface area contributed by atoms with Crippen LogP contribution in [0.4, 0.5) is 5.82 Å². The Morgan fingerprint density at radius 1 is 1.03 bits per heavy atom. The van der Waals surface area contributed by atoms with Crippen molar-refractivity contribution in [3.8, 4) is 28.5 Å². The summed E-state index contributed by atoms with van der Waals surface area (Å²) < 4.78 is 21.5. The van der Waals surface area contributed by atoms with Crippen molar-refractivity contribution in [3.05, 3.63) is 48.5 Å². The maximum atomic E-state index is 12.6. The summed E-state index contributed by atoms with van der Waals surface area (Å²) >= 11 is 0. The predicted octanol–water partition coefficient (Wildman–Crippen LogP) is 4.19. The van der Waals surface area contributed by atoms with Crippen LogP contribution in [0.1, 0.15) is 20.8 Å². The molecule has 0 radical (unpaired) electrons. The van der Waals surface area contributed by atoms with Crippen molar-refractivity contribution >= 4 is 11.7 Å². The minimum absolute atomic E-state index is 0.214. The highest BCUT2D eigenvalue weighted by Gasteiger charge is 2.21. The maximum absolute atomic E-state index is 12.6. The third kappa shape index (κ3) is 5.28. The van der Waals surface area contributed by atoms with Crippen molar-refractivity contribution in [1.29, 1.82) is 0 Å². The molecule has 30 heavy (non-hydrogen) atoms. The lowest BCUT2D eigenvalue weighted by atomic mass is 10.1. The van der Waals surface area contributed by atoms with Gasteiger partial charge >= 0.3 is 0 Å². The fourth-order valence-corrected chi connectivity index (χ4v) is 2.61. The number of nitrogens with one attached hydrogen (secondary N) is 1. The molecule has 1 N–H and O–H groups in total. The van der Waals surface area contributed by atoms with Gasteiger partial charge in [-0.1, -0.05) is 26.0 Å². The van der Waals surface area contributed by atoms with Crippen molar-refractivity contribution in [1.82, 2.24) is 10.3 Å². The van der Waals surface area contributed by atoms with E-state index in [-0.39, 0.29) is 5.82 Å². The average Bonchev–Trinajstić information content (AvgIpc) is 3.21. The van der Waals surface area contributed by atoms with Gasteiger partial charge in [0.25, 0.3) is 5.91 Å². The number of hydrogen-bond acceptors (Lipinski definition) is 7. The smallest absolute Gasteiger partial charge is 0.266 e. The van der Waals surface area contributed by atoms with Crippen LogP contribution in [0, 0.1) is 5.92 Å². The lowest BCUT2D eigenvalue weighted by Crippen LogP contribution is -2.30. The minimum atomic E-state index is -0.794. The number of hydrogen-bond donors (Lipinski definition) is 1. The lowest BCUT2D eigenvalue weighted by Gasteiger charge is -2.16. The van der Waals surface area contributed by atoms with Gasteiger partial charge in [-0.05, 0) is 59.6 Å². The van der Waals surface area contributed by atoms with Gasteiger partial charge in [0.15, 0.2) is 23.3 Å². The zero-order chi connectivity index (χ0) is 21.5. The number of carbonyl (C=O) groups is 1. The van der Waals surface area contributed by atoms with Crippen LogP contribution in [0.2, 0.25) is 0 Å². The topological polar surface area (TPSA) is 95.7 Å². The van der Waals surface area contributed by atoms with E-state index >= 15 is 0 Å². The molecule has 1 heterocycles. The Bertz CT molecular complexity index is 969. The molecule has 0 saturated heterocycles. The molecule has 0 aliphatic rings. The molecule has 0 fully saturated rings. The lowest BCUT2D eigenvalue weighted by molar-refractivity contribution is -0.122. The molecule has 0 saturated carbocycles. The molecular formula is C22H25N3O5. The summed E-state index contributed by atoms with van der Waals surface area (Å²) in [6, 6.07) is 14.5. The van der Waals surface area contributed by atoms with Crippen LogP contribution in [0.5, 0.6) is 17.2 Å². The highest BCUT2D eigenvalue weighted by Crippen LogP contribution is 2.28. The Morgan fingerprint density at radius 3 is 2.40 bits per heavy atom. The van der Waals surface area contributed by atoms with Crippen molar-refractivity contribution < 1.29 is 23.6 Å². The average molecular weight is 411 g/mol. The van der Waals surface area contributed by atoms with Gasteiger partial charge in [-0.3, -0.25) is 4.79 Å². The first-order valence-corrected chi connectivity index (χ1v) is 9.64. The highest BCUT2D eigenvalue weighted by atomic mass is 16.6. The third-order valence-electron chi connectivity index (χ3n) is 4.18. The van der Waals surface area contributed by atoms with Crippen LogP contribution in [0.3, 0.4) is 0 Å². The number of anilines is 1. The van der Waals surface area contributed by atoms with E-state index in [1.807, 2.05) is 30.3 Å². The quantitative estimate of drug-likeness (QED) is 0.564. The van der Waals surface area contributed by atoms with Gasteiger partial charge < -0.3 is 19.5 Å². The monoisotopic (exact) mass is 411 g/mol. The maximum Gasteiger partial charge on any atom is 0.266 e. The summed E-state index contributed by atoms with van der Waals surface area (Å²) in [5.41, 5.74) is 1.16. The molecule has 8 heteroatoms. The van der Waals surface area contributed by atoms with Gasteiger partial charge in [0.05, 0.1) is 13.7 Å². The first kappa shape index (κ1) is 21.2. The first-order valence-electron chi connectivity index (χ1n) is 9.64. The standard InChI is InChI=1S/C22H25N3O5/c1-14(2)13-28-17-11-9-16(10-12-17)20-21(25-30-24-20)23-22(26)15(3)29-19-8-6-5-7-18(19)27-4/h5-12,14-15H,13H2,1-4H3,(H,23,25,26)/t15-/m1/s1. The number of methoxy groups -OCH3 is 1. The van der Waals surface area contributed by atoms with Crippen molar-refractivity contribution in [2.75, 3.05) is 19.0 Å². The summed E-state index contributed by atoms with van der Waals surface area (Å²) in [6.07, 6.45) is -0.794. The molecule has 1 aromatic heterocycles. The number of para-hydroxylation sites is 2. The van der Waals surface area contributed by atoms with E-state index < -0.39 is 12.0 Å². The van der Waals surface area contributed by atoms with E-state index in [4.69, 9.17) is 18.8 Å². The number of nitrogens with zero attached hydrogens (tertiary/aromatic N) is 2. The molecule has 0 bridgehead atoms. The van der Waals surface area contributed by atoms with Gasteiger partial charge in [0.2, 0.25) is 5.82 Å². The summed E-state index contributed by atoms with van der Waals surface area (Å²) in [7, 11) is 1.54. The molecule has 3 aromatic rings. The summed E-state index contributed by atoms with van der Waals surface area (Å²) in [6.45, 7) is 6.44. The zero-order valence-corrected chi connectivity index (χ0v) is 17.4. The van der Waals surface area contributed by atoms with Crippen LogP contribution in [0.25, 0.3) is 11.3 Å². The molecule has 158 valence electrons. The zero-order valence-electron chi connectivity index (χ0n) is 17.4. The molecule has 0 aliphatic carbocycles. The van der Waals surface area contributed by atoms with Gasteiger partial charge in [0.1, 0.15) is 5.75 Å². The second kappa shape index (κ2) is 9.78. The molecule has 3 rings (SSSR count). The number of aromatic nitrogens is 2. The van der Waals surface area contributed by atoms with E-state index in [2.05, 4.69) is 29.5 Å². The first-order chi connectivity index (χ1) is 14.5. The molecule has 8 nitrogen and oxygen atoms in total. The fraction of sp³-hybridized carbons (Fsp3) is 0.318. The Balaban J connectivity index is 1.67. The number of amides is 1. The van der Waals surface area contributed by atoms with Crippen LogP contribution >= 0.6 is 0 Å². The van der Waals surface area contributed by atoms with E-state index in [9.17, 15) is 4.79 Å². The normalized spacial score (nSPS) is 11.8. The predicted molar refractivity (Wildman–Crippen MR) is 112 cm³/mol. The molecule has 1 atom stereocenters. The van der Waals surface area contributed by atoms with E-state index in [0.29, 0.717) is 29.7 Å². The van der Waals surface area contributed by atoms with Gasteiger partial charge in [-0.25, -0.2) is 4.63 Å². The molecular weight excluding hydrogens is 386 g/mol. The van der Waals surface area contributed by atoms with Crippen LogP contribution in [0.15, 0.2) is 53.2 Å². The highest BCUT2D eigenvalue weighted by molar-refractivity contribution is 5.96. The van der Waals surface area contributed by atoms with Gasteiger partial charge in [-0.2, -0.15) is 0 Å². The summed E-state index contributed by atoms with van der Waals surface area (Å²) in [5, 5.41) is 10.4. The summed E-state index contributed by atoms with van der Waals surface area (Å²) in [4.78, 5) is 12.6. The number of rotatable bonds is 9. The Morgan fingerprint density at radius 2 is 1.73 bits per heavy atom. The molecule has 0 spiro atoms. The number of ether oxygens (including phenoxy) is 3. The third-order valence-corrected chi connectivity index (χ3v) is 4.18. The second-order valence-corrected chi connectivity index (χ2v) is 7.09. The molecule has 1 amide bonds. The van der Waals surface area contributed by atoms with Crippen LogP contribution in [-0.2, 0) is 4.79 Å². The van der Waals surface area contributed by atoms with E-state index in [0.717, 1.165) is 11.3 Å². The van der Waals surface area contributed by atoms with Gasteiger partial charge in [0, 0.05) is 5.56 Å². The van der Waals surface area contributed by atoms with E-state index in [1.165, 1.54) is 0 Å². The molecule has 2 aromatic carbocycles. The van der Waals surface area contributed by atoms with Crippen molar-refractivity contribution in [2.45, 2.75) is 26.9 Å². The van der Waals surface area contributed by atoms with Crippen molar-refractivity contribution in [3.63, 3.8) is 0 Å². The van der Waals surface area contributed by atoms with E-state index in [1.54, 1.807) is 32.2 Å². The Labute approximate surface area is 175 Å². The largest absolute Gasteiger partial charge is 0.493 e. The molecule has 0 unspecified atom stereocenters. The van der Waals surface area contributed by atoms with Crippen molar-refractivity contribution in [2.24, 2.45) is 5.92 Å². The second-order valence-electron chi connectivity index (χ2n) is 7.09.